The first-order valence-electron chi connectivity index (χ1n) is 4.01. The highest BCUT2D eigenvalue weighted by Gasteiger charge is 2.38. The normalized spacial score (nSPS) is 29.0. The number of amides is 2. The molecule has 2 amide bonds. The summed E-state index contributed by atoms with van der Waals surface area (Å²) >= 11 is 0. The van der Waals surface area contributed by atoms with Gasteiger partial charge in [-0.25, -0.2) is 4.79 Å². The van der Waals surface area contributed by atoms with Gasteiger partial charge < -0.3 is 10.6 Å². The van der Waals surface area contributed by atoms with Crippen LogP contribution in [0.4, 0.5) is 4.79 Å². The maximum absolute atomic E-state index is 10.8. The van der Waals surface area contributed by atoms with Crippen LogP contribution in [-0.2, 0) is 0 Å². The molecule has 1 heterocycles. The molecule has 0 bridgehead atoms. The minimum absolute atomic E-state index is 0.231. The summed E-state index contributed by atoms with van der Waals surface area (Å²) in [7, 11) is 0. The standard InChI is InChI=1S/C8H16N2O/c1-6-8(2,3)4-5-10(6)7(9)11/h6H,4-5H2,1-3H3,(H2,9,11)/t6-/m1/s1. The zero-order valence-electron chi connectivity index (χ0n) is 7.42. The summed E-state index contributed by atoms with van der Waals surface area (Å²) < 4.78 is 0. The maximum atomic E-state index is 10.8. The van der Waals surface area contributed by atoms with Crippen LogP contribution in [0.3, 0.4) is 0 Å². The molecule has 3 nitrogen and oxygen atoms in total. The number of nitrogens with two attached hydrogens (primary N) is 1. The largest absolute Gasteiger partial charge is 0.351 e. The van der Waals surface area contributed by atoms with E-state index in [2.05, 4.69) is 20.8 Å². The van der Waals surface area contributed by atoms with Crippen molar-refractivity contribution in [3.05, 3.63) is 0 Å². The van der Waals surface area contributed by atoms with Crippen molar-refractivity contribution in [3.63, 3.8) is 0 Å². The second-order valence-electron chi connectivity index (χ2n) is 3.95. The number of carbonyl (C=O) groups excluding carboxylic acids is 1. The van der Waals surface area contributed by atoms with Gasteiger partial charge in [-0.15, -0.1) is 0 Å². The molecule has 1 atom stereocenters. The van der Waals surface area contributed by atoms with Crippen LogP contribution in [0.5, 0.6) is 0 Å². The van der Waals surface area contributed by atoms with E-state index in [0.29, 0.717) is 0 Å². The maximum Gasteiger partial charge on any atom is 0.315 e. The molecule has 1 rings (SSSR count). The Hall–Kier alpha value is -0.730. The van der Waals surface area contributed by atoms with Crippen molar-refractivity contribution in [3.8, 4) is 0 Å². The molecule has 64 valence electrons. The van der Waals surface area contributed by atoms with Gasteiger partial charge in [-0.3, -0.25) is 0 Å². The third kappa shape index (κ3) is 1.32. The lowest BCUT2D eigenvalue weighted by Crippen LogP contribution is -2.41. The lowest BCUT2D eigenvalue weighted by Gasteiger charge is -2.27. The summed E-state index contributed by atoms with van der Waals surface area (Å²) in [6.45, 7) is 7.20. The number of hydrogen-bond donors (Lipinski definition) is 1. The monoisotopic (exact) mass is 156 g/mol. The van der Waals surface area contributed by atoms with Crippen molar-refractivity contribution in [1.29, 1.82) is 0 Å². The number of urea groups is 1. The summed E-state index contributed by atoms with van der Waals surface area (Å²) in [5.41, 5.74) is 5.43. The summed E-state index contributed by atoms with van der Waals surface area (Å²) in [5.74, 6) is 0. The third-order valence-electron chi connectivity index (χ3n) is 2.88. The van der Waals surface area contributed by atoms with Crippen LogP contribution in [0, 0.1) is 5.41 Å². The number of likely N-dealkylation sites (tertiary alicyclic amines) is 1. The number of hydrogen-bond acceptors (Lipinski definition) is 1. The summed E-state index contributed by atoms with van der Waals surface area (Å²) in [6.07, 6.45) is 1.05. The summed E-state index contributed by atoms with van der Waals surface area (Å²) in [5, 5.41) is 0. The van der Waals surface area contributed by atoms with Gasteiger partial charge >= 0.3 is 6.03 Å². The Labute approximate surface area is 67.5 Å². The van der Waals surface area contributed by atoms with Crippen molar-refractivity contribution < 1.29 is 4.79 Å². The molecule has 11 heavy (non-hydrogen) atoms. The lowest BCUT2D eigenvalue weighted by atomic mass is 9.86. The van der Waals surface area contributed by atoms with Gasteiger partial charge in [-0.1, -0.05) is 13.8 Å². The number of nitrogens with zero attached hydrogens (tertiary/aromatic N) is 1. The first kappa shape index (κ1) is 8.37. The van der Waals surface area contributed by atoms with Gasteiger partial charge in [0.15, 0.2) is 0 Å². The zero-order chi connectivity index (χ0) is 8.65. The molecule has 0 spiro atoms. The molecule has 3 heteroatoms. The van der Waals surface area contributed by atoms with E-state index >= 15 is 0 Å². The van der Waals surface area contributed by atoms with Gasteiger partial charge in [0.25, 0.3) is 0 Å². The minimum Gasteiger partial charge on any atom is -0.351 e. The molecule has 2 N–H and O–H groups in total. The first-order valence-corrected chi connectivity index (χ1v) is 4.01. The second-order valence-corrected chi connectivity index (χ2v) is 3.95. The number of primary amides is 1. The Morgan fingerprint density at radius 2 is 2.18 bits per heavy atom. The number of carbonyl (C=O) groups is 1. The Kier molecular flexibility index (Phi) is 1.82. The lowest BCUT2D eigenvalue weighted by molar-refractivity contribution is 0.185. The van der Waals surface area contributed by atoms with Gasteiger partial charge in [0.05, 0.1) is 0 Å². The van der Waals surface area contributed by atoms with Crippen molar-refractivity contribution in [2.24, 2.45) is 11.1 Å². The molecule has 1 aliphatic rings. The first-order chi connectivity index (χ1) is 4.95. The average Bonchev–Trinajstić information content (AvgIpc) is 2.09. The SMILES string of the molecule is C[C@H]1N(C(N)=O)CCC1(C)C. The van der Waals surface area contributed by atoms with E-state index in [1.807, 2.05) is 0 Å². The van der Waals surface area contributed by atoms with Gasteiger partial charge in [0, 0.05) is 12.6 Å². The van der Waals surface area contributed by atoms with E-state index in [9.17, 15) is 4.79 Å². The van der Waals surface area contributed by atoms with Crippen LogP contribution in [0.2, 0.25) is 0 Å². The quantitative estimate of drug-likeness (QED) is 0.562. The molecule has 1 aliphatic heterocycles. The molecule has 0 aromatic rings. The van der Waals surface area contributed by atoms with Crippen molar-refractivity contribution in [2.45, 2.75) is 33.2 Å². The Morgan fingerprint density at radius 3 is 2.36 bits per heavy atom. The molecule has 1 saturated heterocycles. The Morgan fingerprint density at radius 1 is 1.64 bits per heavy atom. The van der Waals surface area contributed by atoms with Crippen LogP contribution >= 0.6 is 0 Å². The predicted octanol–water partition coefficient (Wildman–Crippen LogP) is 1.19. The van der Waals surface area contributed by atoms with Gasteiger partial charge in [0.2, 0.25) is 0 Å². The third-order valence-corrected chi connectivity index (χ3v) is 2.88. The van der Waals surface area contributed by atoms with E-state index in [-0.39, 0.29) is 17.5 Å². The van der Waals surface area contributed by atoms with E-state index in [4.69, 9.17) is 5.73 Å². The molecule has 0 saturated carbocycles. The highest BCUT2D eigenvalue weighted by Crippen LogP contribution is 2.35. The van der Waals surface area contributed by atoms with E-state index in [0.717, 1.165) is 13.0 Å². The number of rotatable bonds is 0. The summed E-state index contributed by atoms with van der Waals surface area (Å²) in [4.78, 5) is 12.6. The van der Waals surface area contributed by atoms with Crippen molar-refractivity contribution in [1.82, 2.24) is 4.90 Å². The van der Waals surface area contributed by atoms with E-state index in [1.54, 1.807) is 4.90 Å². The topological polar surface area (TPSA) is 46.3 Å². The van der Waals surface area contributed by atoms with Crippen LogP contribution < -0.4 is 5.73 Å². The Bertz CT molecular complexity index is 177. The molecular weight excluding hydrogens is 140 g/mol. The fraction of sp³-hybridized carbons (Fsp3) is 0.875. The van der Waals surface area contributed by atoms with E-state index in [1.165, 1.54) is 0 Å². The molecule has 0 aromatic carbocycles. The minimum atomic E-state index is -0.289. The van der Waals surface area contributed by atoms with Crippen LogP contribution in [0.15, 0.2) is 0 Å². The highest BCUT2D eigenvalue weighted by atomic mass is 16.2. The smallest absolute Gasteiger partial charge is 0.315 e. The van der Waals surface area contributed by atoms with Crippen LogP contribution in [-0.4, -0.2) is 23.5 Å². The van der Waals surface area contributed by atoms with Crippen molar-refractivity contribution >= 4 is 6.03 Å². The van der Waals surface area contributed by atoms with Crippen molar-refractivity contribution in [2.75, 3.05) is 6.54 Å². The fourth-order valence-electron chi connectivity index (χ4n) is 1.53. The predicted molar refractivity (Wildman–Crippen MR) is 44.1 cm³/mol. The highest BCUT2D eigenvalue weighted by molar-refractivity contribution is 5.72. The average molecular weight is 156 g/mol. The van der Waals surface area contributed by atoms with Crippen LogP contribution in [0.25, 0.3) is 0 Å². The zero-order valence-corrected chi connectivity index (χ0v) is 7.42. The fourth-order valence-corrected chi connectivity index (χ4v) is 1.53. The van der Waals surface area contributed by atoms with Gasteiger partial charge in [-0.2, -0.15) is 0 Å². The molecule has 0 aliphatic carbocycles. The molecular formula is C8H16N2O. The Balaban J connectivity index is 2.71. The van der Waals surface area contributed by atoms with E-state index < -0.39 is 0 Å². The van der Waals surface area contributed by atoms with Gasteiger partial charge in [-0.05, 0) is 18.8 Å². The van der Waals surface area contributed by atoms with Gasteiger partial charge in [0.1, 0.15) is 0 Å². The summed E-state index contributed by atoms with van der Waals surface area (Å²) in [6, 6.07) is -0.0110. The molecule has 0 unspecified atom stereocenters. The molecule has 0 aromatic heterocycles. The van der Waals surface area contributed by atoms with Crippen LogP contribution in [0.1, 0.15) is 27.2 Å². The second kappa shape index (κ2) is 2.40. The molecule has 1 fully saturated rings. The molecule has 0 radical (unpaired) electrons.